The van der Waals surface area contributed by atoms with Crippen LogP contribution in [0.2, 0.25) is 5.02 Å². The van der Waals surface area contributed by atoms with Gasteiger partial charge < -0.3 is 19.8 Å². The van der Waals surface area contributed by atoms with Crippen LogP contribution in [0, 0.1) is 12.7 Å². The summed E-state index contributed by atoms with van der Waals surface area (Å²) in [6.07, 6.45) is 2.22. The molecule has 3 aromatic carbocycles. The normalized spacial score (nSPS) is 17.8. The molecule has 1 aliphatic heterocycles. The van der Waals surface area contributed by atoms with Crippen LogP contribution >= 0.6 is 11.6 Å². The van der Waals surface area contributed by atoms with Crippen molar-refractivity contribution in [1.29, 1.82) is 0 Å². The molecule has 1 aliphatic carbocycles. The Morgan fingerprint density at radius 2 is 1.84 bits per heavy atom. The predicted octanol–water partition coefficient (Wildman–Crippen LogP) is 5.75. The highest BCUT2D eigenvalue weighted by molar-refractivity contribution is 6.32. The minimum Gasteiger partial charge on any atom is -0.493 e. The van der Waals surface area contributed by atoms with Gasteiger partial charge in [0.15, 0.2) is 23.6 Å². The molecule has 1 amide bonds. The maximum Gasteiger partial charge on any atom is 0.284 e. The van der Waals surface area contributed by atoms with Gasteiger partial charge in [-0.05, 0) is 66.3 Å². The lowest BCUT2D eigenvalue weighted by Gasteiger charge is -2.34. The Kier molecular flexibility index (Phi) is 7.48. The van der Waals surface area contributed by atoms with Crippen molar-refractivity contribution >= 4 is 23.8 Å². The molecule has 222 valence electrons. The van der Waals surface area contributed by atoms with Gasteiger partial charge in [-0.15, -0.1) is 0 Å². The van der Waals surface area contributed by atoms with Gasteiger partial charge in [-0.2, -0.15) is 4.39 Å². The van der Waals surface area contributed by atoms with Crippen molar-refractivity contribution in [2.24, 2.45) is 12.8 Å². The molecular formula is C33H32ClFN4O4. The standard InChI is InChI=1S/C33H32ClFN4O4/c1-17-19(7-5-8-20(17)29-28-25(13-14-38(29)2)39(3)33(37-28)32(36)41)21-9-6-10-23-22(21)11-12-26(23)43-31-24(34)15-18(16-40)30(42-4)27(31)35/h5-10,15-16,26,29H,11-14H2,1-4H3,(H2,36,41). The average molecular weight is 603 g/mol. The van der Waals surface area contributed by atoms with Crippen LogP contribution in [0.3, 0.4) is 0 Å². The Balaban J connectivity index is 1.39. The zero-order valence-electron chi connectivity index (χ0n) is 24.4. The van der Waals surface area contributed by atoms with Crippen LogP contribution in [0.25, 0.3) is 11.1 Å². The van der Waals surface area contributed by atoms with E-state index in [1.165, 1.54) is 13.2 Å². The molecule has 2 atom stereocenters. The molecule has 43 heavy (non-hydrogen) atoms. The fraction of sp³-hybridized carbons (Fsp3) is 0.303. The van der Waals surface area contributed by atoms with E-state index in [4.69, 9.17) is 31.8 Å². The van der Waals surface area contributed by atoms with E-state index in [2.05, 4.69) is 43.1 Å². The number of rotatable bonds is 7. The number of imidazole rings is 1. The third-order valence-corrected chi connectivity index (χ3v) is 9.07. The minimum absolute atomic E-state index is 0.0125. The van der Waals surface area contributed by atoms with Gasteiger partial charge >= 0.3 is 0 Å². The predicted molar refractivity (Wildman–Crippen MR) is 162 cm³/mol. The van der Waals surface area contributed by atoms with Gasteiger partial charge in [-0.1, -0.05) is 48.0 Å². The lowest BCUT2D eigenvalue weighted by Crippen LogP contribution is -2.34. The number of fused-ring (bicyclic) bond motifs is 2. The molecule has 2 heterocycles. The van der Waals surface area contributed by atoms with Crippen molar-refractivity contribution in [3.8, 4) is 22.6 Å². The van der Waals surface area contributed by atoms with E-state index in [1.54, 1.807) is 0 Å². The van der Waals surface area contributed by atoms with Gasteiger partial charge in [0.25, 0.3) is 5.91 Å². The number of amides is 1. The SMILES string of the molecule is COc1c(C=O)cc(Cl)c(OC2CCc3c(-c4cccc(C5c6nc(C(N)=O)n(C)c6CCN5C)c4C)cccc32)c1F. The van der Waals surface area contributed by atoms with Crippen LogP contribution in [0.1, 0.15) is 73.2 Å². The van der Waals surface area contributed by atoms with Crippen LogP contribution in [-0.4, -0.2) is 47.3 Å². The zero-order chi connectivity index (χ0) is 30.6. The summed E-state index contributed by atoms with van der Waals surface area (Å²) in [6, 6.07) is 13.6. The fourth-order valence-electron chi connectivity index (χ4n) is 6.67. The number of likely N-dealkylation sites (N-methyl/N-ethyl adjacent to an activating group) is 1. The summed E-state index contributed by atoms with van der Waals surface area (Å²) in [5.74, 6) is -1.40. The molecule has 2 N–H and O–H groups in total. The first-order chi connectivity index (χ1) is 20.7. The van der Waals surface area contributed by atoms with E-state index in [9.17, 15) is 9.59 Å². The molecule has 0 fully saturated rings. The molecule has 0 saturated heterocycles. The first kappa shape index (κ1) is 28.9. The van der Waals surface area contributed by atoms with Gasteiger partial charge in [0.1, 0.15) is 6.10 Å². The molecule has 2 unspecified atom stereocenters. The Labute approximate surface area is 254 Å². The molecule has 4 aromatic rings. The Morgan fingerprint density at radius 1 is 1.12 bits per heavy atom. The highest BCUT2D eigenvalue weighted by Gasteiger charge is 2.34. The highest BCUT2D eigenvalue weighted by atomic mass is 35.5. The number of ether oxygens (including phenoxy) is 2. The number of aromatic nitrogens is 2. The minimum atomic E-state index is -0.796. The van der Waals surface area contributed by atoms with Gasteiger partial charge in [0, 0.05) is 25.7 Å². The monoisotopic (exact) mass is 602 g/mol. The molecule has 1 aromatic heterocycles. The molecule has 2 aliphatic rings. The zero-order valence-corrected chi connectivity index (χ0v) is 25.2. The van der Waals surface area contributed by atoms with Crippen LogP contribution < -0.4 is 15.2 Å². The maximum absolute atomic E-state index is 15.3. The Bertz CT molecular complexity index is 1790. The summed E-state index contributed by atoms with van der Waals surface area (Å²) in [6.45, 7) is 2.93. The summed E-state index contributed by atoms with van der Waals surface area (Å²) in [7, 11) is 5.21. The Morgan fingerprint density at radius 3 is 2.53 bits per heavy atom. The molecule has 0 saturated carbocycles. The summed E-state index contributed by atoms with van der Waals surface area (Å²) in [4.78, 5) is 30.4. The first-order valence-corrected chi connectivity index (χ1v) is 14.5. The van der Waals surface area contributed by atoms with E-state index >= 15 is 4.39 Å². The van der Waals surface area contributed by atoms with E-state index < -0.39 is 17.8 Å². The van der Waals surface area contributed by atoms with E-state index in [0.717, 1.165) is 64.2 Å². The van der Waals surface area contributed by atoms with Gasteiger partial charge in [-0.25, -0.2) is 4.98 Å². The number of carbonyl (C=O) groups is 2. The highest BCUT2D eigenvalue weighted by Crippen LogP contribution is 2.45. The van der Waals surface area contributed by atoms with Gasteiger partial charge in [0.05, 0.1) is 29.4 Å². The maximum atomic E-state index is 15.3. The number of nitrogens with two attached hydrogens (primary N) is 1. The number of hydrogen-bond acceptors (Lipinski definition) is 6. The number of nitrogens with zero attached hydrogens (tertiary/aromatic N) is 3. The van der Waals surface area contributed by atoms with Gasteiger partial charge in [0.2, 0.25) is 5.82 Å². The fourth-order valence-corrected chi connectivity index (χ4v) is 6.92. The molecule has 6 rings (SSSR count). The van der Waals surface area contributed by atoms with Crippen molar-refractivity contribution in [1.82, 2.24) is 14.5 Å². The molecule has 8 nitrogen and oxygen atoms in total. The second-order valence-corrected chi connectivity index (χ2v) is 11.5. The third kappa shape index (κ3) is 4.67. The number of primary amides is 1. The summed E-state index contributed by atoms with van der Waals surface area (Å²) in [5.41, 5.74) is 14.0. The van der Waals surface area contributed by atoms with Crippen molar-refractivity contribution in [3.63, 3.8) is 0 Å². The summed E-state index contributed by atoms with van der Waals surface area (Å²) in [5, 5.41) is 0.0125. The molecular weight excluding hydrogens is 571 g/mol. The first-order valence-electron chi connectivity index (χ1n) is 14.1. The van der Waals surface area contributed by atoms with Crippen molar-refractivity contribution in [3.05, 3.63) is 98.3 Å². The summed E-state index contributed by atoms with van der Waals surface area (Å²) >= 11 is 6.35. The molecule has 10 heteroatoms. The number of benzene rings is 3. The van der Waals surface area contributed by atoms with Crippen molar-refractivity contribution in [2.45, 2.75) is 38.3 Å². The van der Waals surface area contributed by atoms with Crippen LogP contribution in [0.4, 0.5) is 4.39 Å². The lowest BCUT2D eigenvalue weighted by molar-refractivity contribution is 0.0986. The number of aldehydes is 1. The Hall–Kier alpha value is -4.21. The van der Waals surface area contributed by atoms with Crippen LogP contribution in [0.15, 0.2) is 42.5 Å². The van der Waals surface area contributed by atoms with E-state index in [0.29, 0.717) is 12.7 Å². The van der Waals surface area contributed by atoms with Crippen molar-refractivity contribution < 1.29 is 23.5 Å². The molecule has 0 bridgehead atoms. The topological polar surface area (TPSA) is 99.7 Å². The third-order valence-electron chi connectivity index (χ3n) is 8.79. The van der Waals surface area contributed by atoms with E-state index in [-0.39, 0.29) is 34.0 Å². The number of halogens is 2. The largest absolute Gasteiger partial charge is 0.493 e. The second-order valence-electron chi connectivity index (χ2n) is 11.1. The van der Waals surface area contributed by atoms with Crippen LogP contribution in [-0.2, 0) is 19.9 Å². The average Bonchev–Trinajstić information content (AvgIpc) is 3.56. The van der Waals surface area contributed by atoms with E-state index in [1.807, 2.05) is 23.7 Å². The molecule has 0 spiro atoms. The molecule has 0 radical (unpaired) electrons. The number of methoxy groups -OCH3 is 1. The van der Waals surface area contributed by atoms with Crippen LogP contribution in [0.5, 0.6) is 11.5 Å². The number of carbonyl (C=O) groups excluding carboxylic acids is 2. The smallest absolute Gasteiger partial charge is 0.284 e. The quantitative estimate of drug-likeness (QED) is 0.270. The summed E-state index contributed by atoms with van der Waals surface area (Å²) < 4.78 is 28.4. The lowest BCUT2D eigenvalue weighted by atomic mass is 9.87. The van der Waals surface area contributed by atoms with Crippen molar-refractivity contribution in [2.75, 3.05) is 20.7 Å². The second kappa shape index (κ2) is 11.1. The van der Waals surface area contributed by atoms with Gasteiger partial charge in [-0.3, -0.25) is 14.5 Å². The number of hydrogen-bond donors (Lipinski definition) is 1.